The molecule has 2 aromatic rings. The van der Waals surface area contributed by atoms with Crippen molar-refractivity contribution >= 4 is 21.7 Å². The minimum absolute atomic E-state index is 0.0161. The Balaban J connectivity index is 1.40. The second-order valence-electron chi connectivity index (χ2n) is 7.04. The van der Waals surface area contributed by atoms with E-state index in [2.05, 4.69) is 21.0 Å². The summed E-state index contributed by atoms with van der Waals surface area (Å²) in [5, 5.41) is 3.91. The van der Waals surface area contributed by atoms with Crippen LogP contribution in [0.2, 0.25) is 0 Å². The molecule has 0 spiro atoms. The lowest BCUT2D eigenvalue weighted by atomic mass is 10.1. The minimum atomic E-state index is -3.03. The molecule has 0 radical (unpaired) electrons. The van der Waals surface area contributed by atoms with Crippen LogP contribution < -0.4 is 15.6 Å². The second kappa shape index (κ2) is 9.70. The number of nitrogens with zero attached hydrogens (tertiary/aromatic N) is 2. The number of aromatic nitrogens is 2. The van der Waals surface area contributed by atoms with Gasteiger partial charge in [-0.2, -0.15) is 4.98 Å². The zero-order chi connectivity index (χ0) is 21.6. The number of aryl methyl sites for hydroxylation is 1. The number of nitrogens with one attached hydrogen (secondary N) is 2. The van der Waals surface area contributed by atoms with Gasteiger partial charge >= 0.3 is 0 Å². The molecule has 10 nitrogen and oxygen atoms in total. The summed E-state index contributed by atoms with van der Waals surface area (Å²) in [5.41, 5.74) is 5.38. The Kier molecular flexibility index (Phi) is 7.03. The van der Waals surface area contributed by atoms with Crippen LogP contribution in [0, 0.1) is 5.92 Å². The normalized spacial score (nSPS) is 17.4. The van der Waals surface area contributed by atoms with E-state index in [1.807, 2.05) is 31.2 Å². The topological polar surface area (TPSA) is 140 Å². The van der Waals surface area contributed by atoms with Crippen molar-refractivity contribution in [2.75, 3.05) is 18.1 Å². The lowest BCUT2D eigenvalue weighted by Crippen LogP contribution is -2.42. The molecule has 162 valence electrons. The Labute approximate surface area is 174 Å². The monoisotopic (exact) mass is 436 g/mol. The molecule has 1 aliphatic heterocycles. The maximum absolute atomic E-state index is 11.9. The molecular formula is C19H24N4O6S. The van der Waals surface area contributed by atoms with Gasteiger partial charge in [-0.15, -0.1) is 0 Å². The summed E-state index contributed by atoms with van der Waals surface area (Å²) in [6, 6.07) is 7.26. The predicted molar refractivity (Wildman–Crippen MR) is 107 cm³/mol. The number of benzene rings is 1. The minimum Gasteiger partial charge on any atom is -0.494 e. The molecule has 2 amide bonds. The van der Waals surface area contributed by atoms with Crippen molar-refractivity contribution in [3.05, 3.63) is 30.2 Å². The summed E-state index contributed by atoms with van der Waals surface area (Å²) in [7, 11) is -3.03. The van der Waals surface area contributed by atoms with Crippen molar-refractivity contribution in [3.8, 4) is 17.1 Å². The van der Waals surface area contributed by atoms with Gasteiger partial charge in [0.2, 0.25) is 23.5 Å². The van der Waals surface area contributed by atoms with Crippen LogP contribution in [-0.2, 0) is 25.8 Å². The van der Waals surface area contributed by atoms with Gasteiger partial charge in [-0.1, -0.05) is 5.16 Å². The maximum atomic E-state index is 11.9. The highest BCUT2D eigenvalue weighted by Gasteiger charge is 2.29. The number of ether oxygens (including phenoxy) is 1. The highest BCUT2D eigenvalue weighted by molar-refractivity contribution is 7.91. The first-order valence-electron chi connectivity index (χ1n) is 9.68. The Bertz CT molecular complexity index is 987. The van der Waals surface area contributed by atoms with Crippen LogP contribution in [0.15, 0.2) is 28.8 Å². The lowest BCUT2D eigenvalue weighted by Gasteiger charge is -2.09. The highest BCUT2D eigenvalue weighted by Crippen LogP contribution is 2.21. The fourth-order valence-electron chi connectivity index (χ4n) is 3.11. The number of carbonyl (C=O) groups excluding carboxylic acids is 2. The van der Waals surface area contributed by atoms with Crippen molar-refractivity contribution < 1.29 is 27.3 Å². The Morgan fingerprint density at radius 2 is 1.93 bits per heavy atom. The summed E-state index contributed by atoms with van der Waals surface area (Å²) < 4.78 is 33.4. The molecule has 2 N–H and O–H groups in total. The average Bonchev–Trinajstić information content (AvgIpc) is 3.32. The first-order valence-corrected chi connectivity index (χ1v) is 11.5. The third kappa shape index (κ3) is 6.28. The Morgan fingerprint density at radius 1 is 1.20 bits per heavy atom. The molecule has 0 aliphatic carbocycles. The van der Waals surface area contributed by atoms with Gasteiger partial charge in [-0.25, -0.2) is 8.42 Å². The van der Waals surface area contributed by atoms with E-state index < -0.39 is 21.7 Å². The van der Waals surface area contributed by atoms with Crippen LogP contribution in [0.25, 0.3) is 11.4 Å². The van der Waals surface area contributed by atoms with Crippen LogP contribution in [0.3, 0.4) is 0 Å². The first kappa shape index (κ1) is 21.8. The van der Waals surface area contributed by atoms with Gasteiger partial charge in [0.1, 0.15) is 5.75 Å². The molecule has 1 aromatic heterocycles. The summed E-state index contributed by atoms with van der Waals surface area (Å²) >= 11 is 0. The summed E-state index contributed by atoms with van der Waals surface area (Å²) in [6.45, 7) is 2.49. The highest BCUT2D eigenvalue weighted by atomic mass is 32.2. The summed E-state index contributed by atoms with van der Waals surface area (Å²) in [4.78, 5) is 28.0. The SMILES string of the molecule is CCOc1ccc(-c2noc(CCC(=O)NNC(=O)CC3CCS(=O)(=O)C3)n2)cc1. The van der Waals surface area contributed by atoms with Crippen LogP contribution in [0.4, 0.5) is 0 Å². The van der Waals surface area contributed by atoms with Crippen molar-refractivity contribution in [1.29, 1.82) is 0 Å². The molecule has 1 aromatic carbocycles. The molecule has 3 rings (SSSR count). The van der Waals surface area contributed by atoms with Gasteiger partial charge < -0.3 is 9.26 Å². The van der Waals surface area contributed by atoms with Crippen LogP contribution in [-0.4, -0.2) is 48.5 Å². The van der Waals surface area contributed by atoms with Gasteiger partial charge in [0.25, 0.3) is 0 Å². The third-order valence-electron chi connectivity index (χ3n) is 4.60. The third-order valence-corrected chi connectivity index (χ3v) is 6.44. The van der Waals surface area contributed by atoms with Gasteiger partial charge in [-0.3, -0.25) is 20.4 Å². The molecule has 1 fully saturated rings. The van der Waals surface area contributed by atoms with Crippen LogP contribution >= 0.6 is 0 Å². The van der Waals surface area contributed by atoms with Gasteiger partial charge in [0.15, 0.2) is 9.84 Å². The van der Waals surface area contributed by atoms with E-state index >= 15 is 0 Å². The largest absolute Gasteiger partial charge is 0.494 e. The molecule has 1 aliphatic rings. The summed E-state index contributed by atoms with van der Waals surface area (Å²) in [6.07, 6.45) is 0.793. The van der Waals surface area contributed by atoms with Crippen molar-refractivity contribution in [2.45, 2.75) is 32.6 Å². The van der Waals surface area contributed by atoms with E-state index in [0.29, 0.717) is 24.7 Å². The van der Waals surface area contributed by atoms with E-state index in [1.54, 1.807) is 0 Å². The molecule has 1 atom stereocenters. The number of sulfone groups is 1. The molecule has 1 unspecified atom stereocenters. The molecule has 0 saturated carbocycles. The zero-order valence-electron chi connectivity index (χ0n) is 16.6. The molecule has 1 saturated heterocycles. The fourth-order valence-corrected chi connectivity index (χ4v) is 4.97. The average molecular weight is 436 g/mol. The number of hydrazine groups is 1. The number of hydrogen-bond acceptors (Lipinski definition) is 8. The van der Waals surface area contributed by atoms with Gasteiger partial charge in [0.05, 0.1) is 18.1 Å². The molecule has 0 bridgehead atoms. The van der Waals surface area contributed by atoms with Gasteiger partial charge in [0, 0.05) is 24.8 Å². The fraction of sp³-hybridized carbons (Fsp3) is 0.474. The zero-order valence-corrected chi connectivity index (χ0v) is 17.4. The van der Waals surface area contributed by atoms with E-state index in [0.717, 1.165) is 11.3 Å². The standard InChI is InChI=1S/C19H24N4O6S/c1-2-28-15-5-3-14(4-6-15)19-20-18(29-23-19)8-7-16(24)21-22-17(25)11-13-9-10-30(26,27)12-13/h3-6,13H,2,7-12H2,1H3,(H,21,24)(H,22,25). The van der Waals surface area contributed by atoms with E-state index in [1.165, 1.54) is 0 Å². The quantitative estimate of drug-likeness (QED) is 0.585. The second-order valence-corrected chi connectivity index (χ2v) is 9.27. The Morgan fingerprint density at radius 3 is 2.60 bits per heavy atom. The maximum Gasteiger partial charge on any atom is 0.238 e. The van der Waals surface area contributed by atoms with Crippen molar-refractivity contribution in [2.24, 2.45) is 5.92 Å². The first-order chi connectivity index (χ1) is 14.3. The van der Waals surface area contributed by atoms with E-state index in [4.69, 9.17) is 9.26 Å². The molecule has 11 heteroatoms. The smallest absolute Gasteiger partial charge is 0.238 e. The van der Waals surface area contributed by atoms with E-state index in [9.17, 15) is 18.0 Å². The van der Waals surface area contributed by atoms with Gasteiger partial charge in [-0.05, 0) is 43.5 Å². The number of rotatable bonds is 8. The Hall–Kier alpha value is -2.95. The number of hydrogen-bond donors (Lipinski definition) is 2. The van der Waals surface area contributed by atoms with Crippen molar-refractivity contribution in [1.82, 2.24) is 21.0 Å². The predicted octanol–water partition coefficient (Wildman–Crippen LogP) is 1.04. The molecular weight excluding hydrogens is 412 g/mol. The van der Waals surface area contributed by atoms with E-state index in [-0.39, 0.29) is 36.7 Å². The lowest BCUT2D eigenvalue weighted by molar-refractivity contribution is -0.129. The number of amides is 2. The van der Waals surface area contributed by atoms with Crippen molar-refractivity contribution in [3.63, 3.8) is 0 Å². The number of carbonyl (C=O) groups is 2. The molecule has 30 heavy (non-hydrogen) atoms. The summed E-state index contributed by atoms with van der Waals surface area (Å²) in [5.74, 6) is 0.557. The van der Waals surface area contributed by atoms with Crippen LogP contribution in [0.5, 0.6) is 5.75 Å². The van der Waals surface area contributed by atoms with Crippen LogP contribution in [0.1, 0.15) is 32.1 Å². The molecule has 2 heterocycles.